The highest BCUT2D eigenvalue weighted by Gasteiger charge is 2.41. The number of rotatable bonds is 5. The molecule has 0 fully saturated rings. The lowest BCUT2D eigenvalue weighted by Crippen LogP contribution is -2.33. The Kier molecular flexibility index (Phi) is 4.32. The lowest BCUT2D eigenvalue weighted by Gasteiger charge is -2.25. The molecule has 0 bridgehead atoms. The van der Waals surface area contributed by atoms with Crippen LogP contribution in [-0.4, -0.2) is 20.2 Å². The van der Waals surface area contributed by atoms with Crippen LogP contribution >= 0.6 is 11.8 Å². The Hall–Kier alpha value is -0.970. The van der Waals surface area contributed by atoms with Crippen molar-refractivity contribution in [2.75, 3.05) is 14.2 Å². The lowest BCUT2D eigenvalue weighted by atomic mass is 10.3. The molecule has 18 heavy (non-hydrogen) atoms. The van der Waals surface area contributed by atoms with Crippen molar-refractivity contribution >= 4 is 11.8 Å². The Morgan fingerprint density at radius 3 is 2.44 bits per heavy atom. The summed E-state index contributed by atoms with van der Waals surface area (Å²) in [6.07, 6.45) is 1.46. The molecule has 98 valence electrons. The Bertz CT molecular complexity index is 424. The summed E-state index contributed by atoms with van der Waals surface area (Å²) in [5.41, 5.74) is 0. The molecular formula is C14H18O3S. The minimum Gasteiger partial charge on any atom is -0.442 e. The zero-order valence-electron chi connectivity index (χ0n) is 10.9. The molecule has 4 heteroatoms. The molecule has 1 aromatic rings. The zero-order chi connectivity index (χ0) is 13.0. The standard InChI is InChI=1S/C14H18O3S/c1-4-12-13(10-14(15-2,16-3)17-12)18-11-8-6-5-7-9-11/h5-9H,4,10H2,1-3H3. The SMILES string of the molecule is CCC1=C(Sc2ccccc2)CC(OC)(OC)O1. The van der Waals surface area contributed by atoms with Crippen LogP contribution < -0.4 is 0 Å². The van der Waals surface area contributed by atoms with E-state index in [-0.39, 0.29) is 0 Å². The van der Waals surface area contributed by atoms with E-state index in [0.29, 0.717) is 6.42 Å². The fourth-order valence-corrected chi connectivity index (χ4v) is 3.01. The Morgan fingerprint density at radius 2 is 1.89 bits per heavy atom. The van der Waals surface area contributed by atoms with Gasteiger partial charge in [0.2, 0.25) is 0 Å². The molecule has 0 spiro atoms. The number of methoxy groups -OCH3 is 2. The van der Waals surface area contributed by atoms with E-state index in [4.69, 9.17) is 14.2 Å². The molecule has 0 aliphatic carbocycles. The Labute approximate surface area is 112 Å². The molecule has 1 aromatic carbocycles. The van der Waals surface area contributed by atoms with E-state index < -0.39 is 5.97 Å². The quantitative estimate of drug-likeness (QED) is 0.758. The van der Waals surface area contributed by atoms with E-state index in [9.17, 15) is 0 Å². The van der Waals surface area contributed by atoms with Crippen LogP contribution in [0.3, 0.4) is 0 Å². The second-order valence-corrected chi connectivity index (χ2v) is 5.15. The van der Waals surface area contributed by atoms with Crippen LogP contribution in [0.2, 0.25) is 0 Å². The summed E-state index contributed by atoms with van der Waals surface area (Å²) in [6, 6.07) is 10.3. The number of hydrogen-bond acceptors (Lipinski definition) is 4. The van der Waals surface area contributed by atoms with Gasteiger partial charge in [-0.05, 0) is 12.1 Å². The van der Waals surface area contributed by atoms with Gasteiger partial charge in [0, 0.05) is 30.4 Å². The highest BCUT2D eigenvalue weighted by Crippen LogP contribution is 2.44. The molecule has 1 aliphatic heterocycles. The summed E-state index contributed by atoms with van der Waals surface area (Å²) in [7, 11) is 3.21. The summed E-state index contributed by atoms with van der Waals surface area (Å²) in [6.45, 7) is 2.07. The first-order chi connectivity index (χ1) is 8.73. The zero-order valence-corrected chi connectivity index (χ0v) is 11.8. The van der Waals surface area contributed by atoms with Gasteiger partial charge in [-0.3, -0.25) is 0 Å². The van der Waals surface area contributed by atoms with Crippen molar-refractivity contribution in [1.29, 1.82) is 0 Å². The minimum absolute atomic E-state index is 0.628. The maximum atomic E-state index is 5.80. The first-order valence-electron chi connectivity index (χ1n) is 5.97. The summed E-state index contributed by atoms with van der Waals surface area (Å²) in [4.78, 5) is 2.37. The lowest BCUT2D eigenvalue weighted by molar-refractivity contribution is -0.335. The van der Waals surface area contributed by atoms with Gasteiger partial charge >= 0.3 is 5.97 Å². The van der Waals surface area contributed by atoms with Crippen molar-refractivity contribution in [2.24, 2.45) is 0 Å². The maximum absolute atomic E-state index is 5.80. The molecule has 0 saturated carbocycles. The van der Waals surface area contributed by atoms with Crippen molar-refractivity contribution < 1.29 is 14.2 Å². The van der Waals surface area contributed by atoms with Crippen molar-refractivity contribution in [3.8, 4) is 0 Å². The van der Waals surface area contributed by atoms with Crippen LogP contribution in [0.15, 0.2) is 45.9 Å². The maximum Gasteiger partial charge on any atom is 0.331 e. The van der Waals surface area contributed by atoms with E-state index in [1.165, 1.54) is 9.80 Å². The normalized spacial score (nSPS) is 17.9. The van der Waals surface area contributed by atoms with Gasteiger partial charge in [-0.2, -0.15) is 0 Å². The van der Waals surface area contributed by atoms with Crippen LogP contribution in [0.5, 0.6) is 0 Å². The van der Waals surface area contributed by atoms with E-state index in [1.807, 2.05) is 18.2 Å². The molecule has 2 rings (SSSR count). The second-order valence-electron chi connectivity index (χ2n) is 3.99. The number of benzene rings is 1. The highest BCUT2D eigenvalue weighted by atomic mass is 32.2. The summed E-state index contributed by atoms with van der Waals surface area (Å²) >= 11 is 1.71. The highest BCUT2D eigenvalue weighted by molar-refractivity contribution is 8.03. The van der Waals surface area contributed by atoms with Gasteiger partial charge < -0.3 is 14.2 Å². The van der Waals surface area contributed by atoms with Crippen LogP contribution in [0.4, 0.5) is 0 Å². The predicted octanol–water partition coefficient (Wildman–Crippen LogP) is 3.77. The van der Waals surface area contributed by atoms with Crippen molar-refractivity contribution in [3.63, 3.8) is 0 Å². The molecule has 0 unspecified atom stereocenters. The van der Waals surface area contributed by atoms with Crippen LogP contribution in [0.25, 0.3) is 0 Å². The molecule has 0 atom stereocenters. The minimum atomic E-state index is -0.942. The first-order valence-corrected chi connectivity index (χ1v) is 6.79. The summed E-state index contributed by atoms with van der Waals surface area (Å²) < 4.78 is 16.5. The molecule has 0 amide bonds. The van der Waals surface area contributed by atoms with E-state index in [0.717, 1.165) is 12.2 Å². The molecule has 0 saturated heterocycles. The molecule has 0 aromatic heterocycles. The smallest absolute Gasteiger partial charge is 0.331 e. The summed E-state index contributed by atoms with van der Waals surface area (Å²) in [5.74, 6) is 0.00943. The topological polar surface area (TPSA) is 27.7 Å². The number of thioether (sulfide) groups is 1. The van der Waals surface area contributed by atoms with E-state index >= 15 is 0 Å². The van der Waals surface area contributed by atoms with E-state index in [2.05, 4.69) is 19.1 Å². The third-order valence-electron chi connectivity index (χ3n) is 2.89. The number of ether oxygens (including phenoxy) is 3. The van der Waals surface area contributed by atoms with Gasteiger partial charge in [0.25, 0.3) is 0 Å². The van der Waals surface area contributed by atoms with Crippen LogP contribution in [-0.2, 0) is 14.2 Å². The fraction of sp³-hybridized carbons (Fsp3) is 0.429. The number of allylic oxidation sites excluding steroid dienone is 1. The molecule has 1 heterocycles. The van der Waals surface area contributed by atoms with Gasteiger partial charge in [0.15, 0.2) is 0 Å². The third kappa shape index (κ3) is 2.71. The average Bonchev–Trinajstić information content (AvgIpc) is 2.79. The molecule has 0 N–H and O–H groups in total. The van der Waals surface area contributed by atoms with Crippen molar-refractivity contribution in [3.05, 3.63) is 41.0 Å². The van der Waals surface area contributed by atoms with Crippen molar-refractivity contribution in [1.82, 2.24) is 0 Å². The summed E-state index contributed by atoms with van der Waals surface area (Å²) in [5, 5.41) is 0. The van der Waals surface area contributed by atoms with Gasteiger partial charge in [-0.15, -0.1) is 0 Å². The second kappa shape index (κ2) is 5.78. The first kappa shape index (κ1) is 13.5. The van der Waals surface area contributed by atoms with Gasteiger partial charge in [0.1, 0.15) is 5.76 Å². The van der Waals surface area contributed by atoms with Gasteiger partial charge in [-0.1, -0.05) is 36.9 Å². The average molecular weight is 266 g/mol. The molecule has 0 radical (unpaired) electrons. The van der Waals surface area contributed by atoms with Gasteiger partial charge in [0.05, 0.1) is 6.42 Å². The van der Waals surface area contributed by atoms with Crippen LogP contribution in [0.1, 0.15) is 19.8 Å². The molecule has 3 nitrogen and oxygen atoms in total. The van der Waals surface area contributed by atoms with Crippen molar-refractivity contribution in [2.45, 2.75) is 30.6 Å². The Balaban J connectivity index is 2.16. The monoisotopic (exact) mass is 266 g/mol. The largest absolute Gasteiger partial charge is 0.442 e. The predicted molar refractivity (Wildman–Crippen MR) is 72.1 cm³/mol. The third-order valence-corrected chi connectivity index (χ3v) is 4.02. The van der Waals surface area contributed by atoms with Crippen LogP contribution in [0, 0.1) is 0 Å². The van der Waals surface area contributed by atoms with Gasteiger partial charge in [-0.25, -0.2) is 0 Å². The Morgan fingerprint density at radius 1 is 1.22 bits per heavy atom. The molecular weight excluding hydrogens is 248 g/mol. The fourth-order valence-electron chi connectivity index (χ4n) is 1.88. The number of hydrogen-bond donors (Lipinski definition) is 0. The van der Waals surface area contributed by atoms with E-state index in [1.54, 1.807) is 26.0 Å². The molecule has 1 aliphatic rings.